The van der Waals surface area contributed by atoms with E-state index in [0.717, 1.165) is 23.3 Å². The van der Waals surface area contributed by atoms with Crippen LogP contribution in [-0.4, -0.2) is 34.5 Å². The average Bonchev–Trinajstić information content (AvgIpc) is 2.85. The van der Waals surface area contributed by atoms with E-state index in [1.54, 1.807) is 30.3 Å². The first-order valence-corrected chi connectivity index (χ1v) is 10.5. The number of carbonyl (C=O) groups excluding carboxylic acids is 2. The van der Waals surface area contributed by atoms with E-state index in [-0.39, 0.29) is 25.0 Å². The quantitative estimate of drug-likeness (QED) is 0.174. The van der Waals surface area contributed by atoms with E-state index in [9.17, 15) is 29.8 Å². The Morgan fingerprint density at radius 3 is 2.03 bits per heavy atom. The summed E-state index contributed by atoms with van der Waals surface area (Å²) in [4.78, 5) is 45.4. The molecule has 0 heterocycles. The molecule has 0 aliphatic heterocycles. The zero-order chi connectivity index (χ0) is 25.2. The molecular weight excluding hydrogens is 456 g/mol. The number of nitro benzene ring substituents is 2. The number of hydrogen-bond acceptors (Lipinski definition) is 8. The monoisotopic (exact) mass is 478 g/mol. The van der Waals surface area contributed by atoms with E-state index < -0.39 is 39.4 Å². The number of nitrogens with one attached hydrogen (secondary N) is 2. The Labute approximate surface area is 200 Å². The first-order valence-electron chi connectivity index (χ1n) is 10.5. The van der Waals surface area contributed by atoms with Crippen molar-refractivity contribution >= 4 is 29.4 Å². The third-order valence-corrected chi connectivity index (χ3v) is 5.10. The first kappa shape index (κ1) is 24.8. The summed E-state index contributed by atoms with van der Waals surface area (Å²) >= 11 is 0. The molecule has 3 rings (SSSR count). The van der Waals surface area contributed by atoms with E-state index in [1.807, 2.05) is 30.3 Å². The Morgan fingerprint density at radius 1 is 0.886 bits per heavy atom. The van der Waals surface area contributed by atoms with E-state index in [4.69, 9.17) is 4.74 Å². The number of nitro groups is 2. The van der Waals surface area contributed by atoms with Crippen LogP contribution in [0.3, 0.4) is 0 Å². The highest BCUT2D eigenvalue weighted by molar-refractivity contribution is 5.86. The standard InChI is InChI=1S/C24H22N4O7/c29-16-35-23(14-18-9-5-2-6-10-18)26-24(30)21(13-17-7-3-1-4-8-17)25-20-12-11-19(27(31)32)15-22(20)28(33)34/h1-12,15-16,21,23,25H,13-14H2,(H,26,30). The third kappa shape index (κ3) is 7.09. The zero-order valence-corrected chi connectivity index (χ0v) is 18.4. The Bertz CT molecular complexity index is 1190. The lowest BCUT2D eigenvalue weighted by Gasteiger charge is -2.23. The van der Waals surface area contributed by atoms with Crippen LogP contribution >= 0.6 is 0 Å². The SMILES string of the molecule is O=COC(Cc1ccccc1)NC(=O)C(Cc1ccccc1)Nc1ccc([N+](=O)[O-])cc1[N+](=O)[O-]. The molecule has 2 N–H and O–H groups in total. The van der Waals surface area contributed by atoms with Gasteiger partial charge >= 0.3 is 0 Å². The predicted molar refractivity (Wildman–Crippen MR) is 127 cm³/mol. The van der Waals surface area contributed by atoms with Crippen LogP contribution in [0.5, 0.6) is 0 Å². The van der Waals surface area contributed by atoms with Crippen LogP contribution in [0.4, 0.5) is 17.1 Å². The highest BCUT2D eigenvalue weighted by atomic mass is 16.6. The van der Waals surface area contributed by atoms with Gasteiger partial charge in [0.1, 0.15) is 11.7 Å². The van der Waals surface area contributed by atoms with Gasteiger partial charge in [0.15, 0.2) is 6.23 Å². The maximum Gasteiger partial charge on any atom is 0.299 e. The number of amides is 1. The molecular formula is C24H22N4O7. The van der Waals surface area contributed by atoms with Crippen molar-refractivity contribution in [1.29, 1.82) is 0 Å². The normalized spacial score (nSPS) is 12.1. The molecule has 0 saturated heterocycles. The minimum absolute atomic E-state index is 0.0624. The van der Waals surface area contributed by atoms with E-state index in [1.165, 1.54) is 6.07 Å². The molecule has 0 aromatic heterocycles. The van der Waals surface area contributed by atoms with Gasteiger partial charge in [-0.25, -0.2) is 0 Å². The smallest absolute Gasteiger partial charge is 0.299 e. The minimum Gasteiger partial charge on any atom is -0.444 e. The molecule has 35 heavy (non-hydrogen) atoms. The molecule has 0 aliphatic rings. The lowest BCUT2D eigenvalue weighted by Crippen LogP contribution is -2.47. The molecule has 11 heteroatoms. The van der Waals surface area contributed by atoms with Gasteiger partial charge in [-0.3, -0.25) is 29.8 Å². The van der Waals surface area contributed by atoms with Crippen molar-refractivity contribution in [2.45, 2.75) is 25.1 Å². The number of rotatable bonds is 12. The molecule has 0 saturated carbocycles. The Balaban J connectivity index is 1.87. The van der Waals surface area contributed by atoms with Crippen LogP contribution in [0.25, 0.3) is 0 Å². The second-order valence-electron chi connectivity index (χ2n) is 7.52. The van der Waals surface area contributed by atoms with Crippen molar-refractivity contribution in [3.8, 4) is 0 Å². The summed E-state index contributed by atoms with van der Waals surface area (Å²) in [5, 5.41) is 28.1. The Morgan fingerprint density at radius 2 is 1.49 bits per heavy atom. The van der Waals surface area contributed by atoms with Crippen molar-refractivity contribution in [1.82, 2.24) is 5.32 Å². The number of non-ortho nitro benzene ring substituents is 1. The van der Waals surface area contributed by atoms with E-state index in [0.29, 0.717) is 0 Å². The summed E-state index contributed by atoms with van der Waals surface area (Å²) in [7, 11) is 0. The van der Waals surface area contributed by atoms with Crippen molar-refractivity contribution in [3.05, 3.63) is 110 Å². The average molecular weight is 478 g/mol. The molecule has 11 nitrogen and oxygen atoms in total. The van der Waals surface area contributed by atoms with Crippen LogP contribution in [0.15, 0.2) is 78.9 Å². The summed E-state index contributed by atoms with van der Waals surface area (Å²) in [5.74, 6) is -0.579. The highest BCUT2D eigenvalue weighted by Gasteiger charge is 2.27. The molecule has 0 aliphatic carbocycles. The fourth-order valence-corrected chi connectivity index (χ4v) is 3.44. The number of nitrogens with zero attached hydrogens (tertiary/aromatic N) is 2. The van der Waals surface area contributed by atoms with Crippen molar-refractivity contribution in [2.75, 3.05) is 5.32 Å². The molecule has 3 aromatic rings. The Kier molecular flexibility index (Phi) is 8.43. The van der Waals surface area contributed by atoms with E-state index in [2.05, 4.69) is 10.6 Å². The molecule has 0 radical (unpaired) electrons. The third-order valence-electron chi connectivity index (χ3n) is 5.10. The minimum atomic E-state index is -1.02. The maximum atomic E-state index is 13.2. The zero-order valence-electron chi connectivity index (χ0n) is 18.4. The largest absolute Gasteiger partial charge is 0.444 e. The van der Waals surface area contributed by atoms with Gasteiger partial charge in [0.2, 0.25) is 5.91 Å². The van der Waals surface area contributed by atoms with Gasteiger partial charge in [-0.2, -0.15) is 0 Å². The topological polar surface area (TPSA) is 154 Å². The van der Waals surface area contributed by atoms with Crippen molar-refractivity contribution < 1.29 is 24.2 Å². The summed E-state index contributed by atoms with van der Waals surface area (Å²) in [6, 6.07) is 20.1. The van der Waals surface area contributed by atoms with Crippen LogP contribution in [0.2, 0.25) is 0 Å². The van der Waals surface area contributed by atoms with Crippen LogP contribution < -0.4 is 10.6 Å². The number of anilines is 1. The first-order chi connectivity index (χ1) is 16.9. The summed E-state index contributed by atoms with van der Waals surface area (Å²) in [6.07, 6.45) is -0.629. The van der Waals surface area contributed by atoms with Crippen molar-refractivity contribution in [3.63, 3.8) is 0 Å². The summed E-state index contributed by atoms with van der Waals surface area (Å²) in [6.45, 7) is 0.231. The van der Waals surface area contributed by atoms with Gasteiger partial charge in [-0.15, -0.1) is 0 Å². The number of hydrogen-bond donors (Lipinski definition) is 2. The van der Waals surface area contributed by atoms with Crippen molar-refractivity contribution in [2.24, 2.45) is 0 Å². The number of carbonyl (C=O) groups is 2. The second-order valence-corrected chi connectivity index (χ2v) is 7.52. The molecule has 180 valence electrons. The molecule has 0 bridgehead atoms. The maximum absolute atomic E-state index is 13.2. The van der Waals surface area contributed by atoms with Crippen LogP contribution in [0.1, 0.15) is 11.1 Å². The number of benzene rings is 3. The van der Waals surface area contributed by atoms with Gasteiger partial charge in [0.05, 0.1) is 15.9 Å². The van der Waals surface area contributed by atoms with Crippen LogP contribution in [-0.2, 0) is 27.2 Å². The van der Waals surface area contributed by atoms with Gasteiger partial charge in [-0.1, -0.05) is 60.7 Å². The van der Waals surface area contributed by atoms with Crippen LogP contribution in [0, 0.1) is 20.2 Å². The lowest BCUT2D eigenvalue weighted by atomic mass is 10.0. The van der Waals surface area contributed by atoms with Gasteiger partial charge in [0, 0.05) is 18.9 Å². The van der Waals surface area contributed by atoms with Gasteiger partial charge in [0.25, 0.3) is 17.8 Å². The predicted octanol–water partition coefficient (Wildman–Crippen LogP) is 3.38. The molecule has 3 aromatic carbocycles. The summed E-state index contributed by atoms with van der Waals surface area (Å²) < 4.78 is 5.05. The highest BCUT2D eigenvalue weighted by Crippen LogP contribution is 2.30. The number of ether oxygens (including phenoxy) is 1. The molecule has 0 spiro atoms. The summed E-state index contributed by atoms with van der Waals surface area (Å²) in [5.41, 5.74) is 0.523. The van der Waals surface area contributed by atoms with Gasteiger partial charge in [-0.05, 0) is 17.2 Å². The Hall–Kier alpha value is -4.80. The molecule has 2 unspecified atom stereocenters. The fraction of sp³-hybridized carbons (Fsp3) is 0.167. The fourth-order valence-electron chi connectivity index (χ4n) is 3.44. The molecule has 2 atom stereocenters. The van der Waals surface area contributed by atoms with Gasteiger partial charge < -0.3 is 15.4 Å². The molecule has 1 amide bonds. The van der Waals surface area contributed by atoms with E-state index >= 15 is 0 Å². The molecule has 0 fully saturated rings. The second kappa shape index (κ2) is 11.9. The lowest BCUT2D eigenvalue weighted by molar-refractivity contribution is -0.393.